The van der Waals surface area contributed by atoms with Crippen LogP contribution in [0.3, 0.4) is 0 Å². The second-order valence-corrected chi connectivity index (χ2v) is 10.1. The molecular formula is C21H18O6S2. The topological polar surface area (TPSA) is 94.6 Å². The van der Waals surface area contributed by atoms with Gasteiger partial charge in [-0.15, -0.1) is 0 Å². The number of benzene rings is 3. The van der Waals surface area contributed by atoms with Crippen LogP contribution in [0.2, 0.25) is 0 Å². The lowest BCUT2D eigenvalue weighted by atomic mass is 10.2. The maximum Gasteiger partial charge on any atom is 0.308 e. The quantitative estimate of drug-likeness (QED) is 0.454. The van der Waals surface area contributed by atoms with Gasteiger partial charge < -0.3 is 4.74 Å². The van der Waals surface area contributed by atoms with E-state index >= 15 is 0 Å². The summed E-state index contributed by atoms with van der Waals surface area (Å²) in [4.78, 5) is 10.9. The first-order chi connectivity index (χ1) is 13.6. The van der Waals surface area contributed by atoms with Gasteiger partial charge in [0.2, 0.25) is 19.7 Å². The molecule has 0 unspecified atom stereocenters. The van der Waals surface area contributed by atoms with Crippen LogP contribution in [0.5, 0.6) is 5.75 Å². The van der Waals surface area contributed by atoms with Crippen molar-refractivity contribution in [2.45, 2.75) is 33.4 Å². The van der Waals surface area contributed by atoms with E-state index in [9.17, 15) is 21.6 Å². The van der Waals surface area contributed by atoms with Crippen LogP contribution in [0.15, 0.2) is 92.4 Å². The zero-order valence-electron chi connectivity index (χ0n) is 15.7. The minimum Gasteiger partial charge on any atom is -0.425 e. The van der Waals surface area contributed by atoms with Crippen LogP contribution in [-0.2, 0) is 24.5 Å². The van der Waals surface area contributed by atoms with Crippen molar-refractivity contribution in [1.82, 2.24) is 0 Å². The summed E-state index contributed by atoms with van der Waals surface area (Å²) in [5.41, 5.74) is 0.261. The average Bonchev–Trinajstić information content (AvgIpc) is 2.68. The smallest absolute Gasteiger partial charge is 0.308 e. The van der Waals surface area contributed by atoms with E-state index in [1.807, 2.05) is 0 Å². The molecule has 0 aliphatic heterocycles. The zero-order valence-corrected chi connectivity index (χ0v) is 17.3. The Morgan fingerprint density at radius 3 is 1.62 bits per heavy atom. The third kappa shape index (κ3) is 4.08. The van der Waals surface area contributed by atoms with E-state index in [2.05, 4.69) is 0 Å². The second kappa shape index (κ2) is 7.81. The molecule has 0 aliphatic rings. The molecule has 0 amide bonds. The van der Waals surface area contributed by atoms with Gasteiger partial charge in [0.1, 0.15) is 10.6 Å². The third-order valence-electron chi connectivity index (χ3n) is 4.18. The molecule has 0 saturated carbocycles. The van der Waals surface area contributed by atoms with Crippen LogP contribution in [0.1, 0.15) is 12.5 Å². The van der Waals surface area contributed by atoms with Crippen molar-refractivity contribution in [1.29, 1.82) is 0 Å². The highest BCUT2D eigenvalue weighted by molar-refractivity contribution is 7.92. The predicted octanol–water partition coefficient (Wildman–Crippen LogP) is 3.59. The van der Waals surface area contributed by atoms with Crippen molar-refractivity contribution in [3.8, 4) is 5.75 Å². The summed E-state index contributed by atoms with van der Waals surface area (Å²) >= 11 is 0. The number of carbonyl (C=O) groups is 1. The maximum atomic E-state index is 13.2. The molecule has 8 heteroatoms. The fourth-order valence-electron chi connectivity index (χ4n) is 2.83. The summed E-state index contributed by atoms with van der Waals surface area (Å²) in [6, 6.07) is 17.5. The molecule has 29 heavy (non-hydrogen) atoms. The predicted molar refractivity (Wildman–Crippen MR) is 106 cm³/mol. The molecule has 0 atom stereocenters. The molecule has 0 aliphatic carbocycles. The van der Waals surface area contributed by atoms with Gasteiger partial charge in [0.05, 0.1) is 14.7 Å². The van der Waals surface area contributed by atoms with E-state index in [1.54, 1.807) is 36.4 Å². The van der Waals surface area contributed by atoms with E-state index in [-0.39, 0.29) is 30.9 Å². The van der Waals surface area contributed by atoms with Gasteiger partial charge in [-0.05, 0) is 48.9 Å². The highest BCUT2D eigenvalue weighted by Crippen LogP contribution is 2.35. The molecule has 0 fully saturated rings. The first kappa shape index (κ1) is 20.8. The summed E-state index contributed by atoms with van der Waals surface area (Å²) in [7, 11) is -8.12. The van der Waals surface area contributed by atoms with Crippen molar-refractivity contribution in [3.63, 3.8) is 0 Å². The monoisotopic (exact) mass is 430 g/mol. The van der Waals surface area contributed by atoms with E-state index in [0.29, 0.717) is 0 Å². The standard InChI is InChI=1S/C21H18O6S2/c1-15-13-19(27-16(2)22)21(29(25,26)18-11-7-4-8-12-18)14-20(15)28(23,24)17-9-5-3-6-10-17/h3-14H,1-2H3. The molecule has 0 N–H and O–H groups in total. The zero-order chi connectivity index (χ0) is 21.2. The molecule has 0 spiro atoms. The van der Waals surface area contributed by atoms with E-state index in [1.165, 1.54) is 37.3 Å². The highest BCUT2D eigenvalue weighted by Gasteiger charge is 2.29. The summed E-state index contributed by atoms with van der Waals surface area (Å²) in [5, 5.41) is 0. The molecule has 3 aromatic carbocycles. The molecule has 0 radical (unpaired) electrons. The molecule has 3 aromatic rings. The number of hydrogen-bond acceptors (Lipinski definition) is 6. The lowest BCUT2D eigenvalue weighted by Crippen LogP contribution is -2.12. The van der Waals surface area contributed by atoms with Gasteiger partial charge in [0, 0.05) is 6.92 Å². The van der Waals surface area contributed by atoms with Gasteiger partial charge >= 0.3 is 5.97 Å². The van der Waals surface area contributed by atoms with E-state index < -0.39 is 25.6 Å². The molecule has 0 heterocycles. The van der Waals surface area contributed by atoms with Crippen LogP contribution in [0, 0.1) is 6.92 Å². The average molecular weight is 431 g/mol. The lowest BCUT2D eigenvalue weighted by Gasteiger charge is -2.15. The van der Waals surface area contributed by atoms with Gasteiger partial charge in [0.15, 0.2) is 0 Å². The van der Waals surface area contributed by atoms with Crippen LogP contribution < -0.4 is 4.74 Å². The maximum absolute atomic E-state index is 13.2. The van der Waals surface area contributed by atoms with Crippen LogP contribution >= 0.6 is 0 Å². The number of esters is 1. The molecular weight excluding hydrogens is 412 g/mol. The minimum absolute atomic E-state index is 0.0337. The lowest BCUT2D eigenvalue weighted by molar-refractivity contribution is -0.132. The van der Waals surface area contributed by atoms with E-state index in [4.69, 9.17) is 4.74 Å². The number of carbonyl (C=O) groups excluding carboxylic acids is 1. The van der Waals surface area contributed by atoms with E-state index in [0.717, 1.165) is 13.0 Å². The Hall–Kier alpha value is -2.97. The molecule has 0 aromatic heterocycles. The fourth-order valence-corrected chi connectivity index (χ4v) is 5.84. The van der Waals surface area contributed by atoms with Gasteiger partial charge in [-0.25, -0.2) is 16.8 Å². The summed E-state index contributed by atoms with van der Waals surface area (Å²) in [5.74, 6) is -0.932. The molecule has 0 bridgehead atoms. The Morgan fingerprint density at radius 1 is 0.724 bits per heavy atom. The Kier molecular flexibility index (Phi) is 5.59. The van der Waals surface area contributed by atoms with Gasteiger partial charge in [0.25, 0.3) is 0 Å². The van der Waals surface area contributed by atoms with Crippen molar-refractivity contribution in [2.75, 3.05) is 0 Å². The third-order valence-corrected chi connectivity index (χ3v) is 7.88. The first-order valence-corrected chi connectivity index (χ1v) is 11.5. The van der Waals surface area contributed by atoms with Crippen molar-refractivity contribution < 1.29 is 26.4 Å². The van der Waals surface area contributed by atoms with Gasteiger partial charge in [-0.2, -0.15) is 0 Å². The Balaban J connectivity index is 2.30. The Morgan fingerprint density at radius 2 is 1.17 bits per heavy atom. The van der Waals surface area contributed by atoms with Crippen LogP contribution in [-0.4, -0.2) is 22.8 Å². The molecule has 3 rings (SSSR count). The van der Waals surface area contributed by atoms with Crippen LogP contribution in [0.25, 0.3) is 0 Å². The Labute approximate surface area is 169 Å². The van der Waals surface area contributed by atoms with Crippen molar-refractivity contribution >= 4 is 25.6 Å². The number of hydrogen-bond donors (Lipinski definition) is 0. The summed E-state index contributed by atoms with van der Waals surface area (Å²) < 4.78 is 57.7. The normalized spacial score (nSPS) is 11.8. The first-order valence-electron chi connectivity index (χ1n) is 8.57. The summed E-state index contributed by atoms with van der Waals surface area (Å²) in [6.07, 6.45) is 0. The number of aryl methyl sites for hydroxylation is 1. The van der Waals surface area contributed by atoms with Crippen molar-refractivity contribution in [2.24, 2.45) is 0 Å². The minimum atomic E-state index is -4.14. The second-order valence-electron chi connectivity index (χ2n) is 6.29. The fraction of sp³-hybridized carbons (Fsp3) is 0.0952. The number of sulfone groups is 2. The van der Waals surface area contributed by atoms with Gasteiger partial charge in [-0.1, -0.05) is 36.4 Å². The number of ether oxygens (including phenoxy) is 1. The molecule has 6 nitrogen and oxygen atoms in total. The highest BCUT2D eigenvalue weighted by atomic mass is 32.2. The number of rotatable bonds is 5. The Bertz CT molecular complexity index is 1260. The SMILES string of the molecule is CC(=O)Oc1cc(C)c(S(=O)(=O)c2ccccc2)cc1S(=O)(=O)c1ccccc1. The molecule has 150 valence electrons. The van der Waals surface area contributed by atoms with Crippen molar-refractivity contribution in [3.05, 3.63) is 78.4 Å². The largest absolute Gasteiger partial charge is 0.425 e. The molecule has 0 saturated heterocycles. The van der Waals surface area contributed by atoms with Crippen LogP contribution in [0.4, 0.5) is 0 Å². The van der Waals surface area contributed by atoms with Gasteiger partial charge in [-0.3, -0.25) is 4.79 Å². The summed E-state index contributed by atoms with van der Waals surface area (Å²) in [6.45, 7) is 2.66.